The molecule has 0 bridgehead atoms. The van der Waals surface area contributed by atoms with Crippen molar-refractivity contribution in [1.82, 2.24) is 0 Å². The van der Waals surface area contributed by atoms with E-state index in [9.17, 15) is 9.59 Å². The number of hydrogen-bond acceptors (Lipinski definition) is 2. The summed E-state index contributed by atoms with van der Waals surface area (Å²) in [6.07, 6.45) is 3.38. The summed E-state index contributed by atoms with van der Waals surface area (Å²) in [4.78, 5) is 20.3. The zero-order valence-corrected chi connectivity index (χ0v) is 5.30. The molecule has 0 aromatic heterocycles. The fourth-order valence-electron chi connectivity index (χ4n) is 0.483. The highest BCUT2D eigenvalue weighted by Gasteiger charge is 1.95. The van der Waals surface area contributed by atoms with Gasteiger partial charge in [-0.15, -0.1) is 6.58 Å². The number of Topliss-reactive ketones (excluding diaryl/α,β-unsaturated/α-hetero) is 1. The number of allylic oxidation sites excluding steroid dienone is 1. The minimum absolute atomic E-state index is 0.0806. The second-order valence-corrected chi connectivity index (χ2v) is 1.74. The first kappa shape index (κ1) is 8.08. The Morgan fingerprint density at radius 2 is 2.22 bits per heavy atom. The third-order valence-electron chi connectivity index (χ3n) is 0.913. The van der Waals surface area contributed by atoms with Crippen LogP contribution in [0.15, 0.2) is 12.7 Å². The Morgan fingerprint density at radius 1 is 1.56 bits per heavy atom. The molecule has 0 rings (SSSR count). The minimum atomic E-state index is 0.0806. The van der Waals surface area contributed by atoms with Gasteiger partial charge in [-0.25, -0.2) is 0 Å². The van der Waals surface area contributed by atoms with Crippen LogP contribution in [-0.4, -0.2) is 12.1 Å². The molecule has 0 amide bonds. The van der Waals surface area contributed by atoms with Crippen LogP contribution in [0.3, 0.4) is 0 Å². The van der Waals surface area contributed by atoms with Gasteiger partial charge in [0, 0.05) is 19.3 Å². The molecule has 0 aliphatic heterocycles. The zero-order chi connectivity index (χ0) is 7.11. The summed E-state index contributed by atoms with van der Waals surface area (Å²) in [5, 5.41) is 0. The molecular formula is C7H10O2. The highest BCUT2D eigenvalue weighted by Crippen LogP contribution is 1.92. The molecule has 0 fully saturated rings. The van der Waals surface area contributed by atoms with Crippen LogP contribution in [0.25, 0.3) is 0 Å². The van der Waals surface area contributed by atoms with Gasteiger partial charge in [-0.1, -0.05) is 6.08 Å². The van der Waals surface area contributed by atoms with Crippen molar-refractivity contribution in [1.29, 1.82) is 0 Å². The third-order valence-corrected chi connectivity index (χ3v) is 0.913. The molecule has 0 aliphatic carbocycles. The van der Waals surface area contributed by atoms with Gasteiger partial charge in [0.2, 0.25) is 0 Å². The summed E-state index contributed by atoms with van der Waals surface area (Å²) < 4.78 is 0. The van der Waals surface area contributed by atoms with E-state index in [1.54, 1.807) is 6.08 Å². The van der Waals surface area contributed by atoms with E-state index < -0.39 is 0 Å². The monoisotopic (exact) mass is 126 g/mol. The van der Waals surface area contributed by atoms with Gasteiger partial charge < -0.3 is 4.79 Å². The van der Waals surface area contributed by atoms with Crippen molar-refractivity contribution in [2.45, 2.75) is 19.3 Å². The van der Waals surface area contributed by atoms with Crippen LogP contribution < -0.4 is 0 Å². The molecule has 9 heavy (non-hydrogen) atoms. The van der Waals surface area contributed by atoms with Crippen LogP contribution in [0.5, 0.6) is 0 Å². The molecule has 2 nitrogen and oxygen atoms in total. The lowest BCUT2D eigenvalue weighted by molar-refractivity contribution is -0.120. The van der Waals surface area contributed by atoms with E-state index in [1.807, 2.05) is 0 Å². The number of hydrogen-bond donors (Lipinski definition) is 0. The lowest BCUT2D eigenvalue weighted by Gasteiger charge is -1.88. The molecule has 0 N–H and O–H groups in total. The Balaban J connectivity index is 3.26. The Kier molecular flexibility index (Phi) is 4.69. The molecule has 0 atom stereocenters. The molecule has 0 aromatic carbocycles. The molecule has 0 saturated heterocycles. The molecule has 0 saturated carbocycles. The van der Waals surface area contributed by atoms with Crippen molar-refractivity contribution in [3.8, 4) is 0 Å². The fourth-order valence-corrected chi connectivity index (χ4v) is 0.483. The summed E-state index contributed by atoms with van der Waals surface area (Å²) in [7, 11) is 0. The number of carbonyl (C=O) groups is 2. The molecule has 0 spiro atoms. The molecule has 0 radical (unpaired) electrons. The highest BCUT2D eigenvalue weighted by molar-refractivity contribution is 5.81. The van der Waals surface area contributed by atoms with Crippen molar-refractivity contribution in [3.63, 3.8) is 0 Å². The van der Waals surface area contributed by atoms with Crippen LogP contribution in [0, 0.1) is 0 Å². The summed E-state index contributed by atoms with van der Waals surface area (Å²) in [6, 6.07) is 0. The van der Waals surface area contributed by atoms with Crippen molar-refractivity contribution < 1.29 is 9.59 Å². The predicted molar refractivity (Wildman–Crippen MR) is 35.1 cm³/mol. The lowest BCUT2D eigenvalue weighted by Crippen LogP contribution is -1.94. The Labute approximate surface area is 54.6 Å². The summed E-state index contributed by atoms with van der Waals surface area (Å²) in [6.45, 7) is 3.40. The van der Waals surface area contributed by atoms with Crippen molar-refractivity contribution >= 4 is 12.1 Å². The fraction of sp³-hybridized carbons (Fsp3) is 0.429. The smallest absolute Gasteiger partial charge is 0.137 e. The number of ketones is 1. The molecule has 0 unspecified atom stereocenters. The topological polar surface area (TPSA) is 34.1 Å². The van der Waals surface area contributed by atoms with Crippen molar-refractivity contribution in [3.05, 3.63) is 12.7 Å². The van der Waals surface area contributed by atoms with Gasteiger partial charge >= 0.3 is 0 Å². The van der Waals surface area contributed by atoms with E-state index >= 15 is 0 Å². The average Bonchev–Trinajstić information content (AvgIpc) is 1.85. The quantitative estimate of drug-likeness (QED) is 0.408. The summed E-state index contributed by atoms with van der Waals surface area (Å²) in [5.74, 6) is 0.0806. The maximum absolute atomic E-state index is 10.6. The van der Waals surface area contributed by atoms with Crippen LogP contribution in [-0.2, 0) is 9.59 Å². The van der Waals surface area contributed by atoms with E-state index in [4.69, 9.17) is 0 Å². The van der Waals surface area contributed by atoms with Gasteiger partial charge in [-0.2, -0.15) is 0 Å². The van der Waals surface area contributed by atoms with E-state index in [0.29, 0.717) is 19.3 Å². The molecule has 0 aliphatic rings. The SMILES string of the molecule is C=CCC(=O)CCC=O. The van der Waals surface area contributed by atoms with E-state index in [0.717, 1.165) is 6.29 Å². The normalized spacial score (nSPS) is 8.44. The number of rotatable bonds is 5. The van der Waals surface area contributed by atoms with E-state index in [2.05, 4.69) is 6.58 Å². The van der Waals surface area contributed by atoms with Crippen LogP contribution in [0.2, 0.25) is 0 Å². The standard InChI is InChI=1S/C7H10O2/c1-2-4-7(9)5-3-6-8/h2,6H,1,3-5H2. The van der Waals surface area contributed by atoms with Crippen LogP contribution in [0.1, 0.15) is 19.3 Å². The van der Waals surface area contributed by atoms with Gasteiger partial charge in [0.25, 0.3) is 0 Å². The minimum Gasteiger partial charge on any atom is -0.303 e. The number of aldehydes is 1. The first-order valence-corrected chi connectivity index (χ1v) is 2.87. The molecule has 0 heterocycles. The second kappa shape index (κ2) is 5.22. The third kappa shape index (κ3) is 4.94. The highest BCUT2D eigenvalue weighted by atomic mass is 16.1. The Hall–Kier alpha value is -0.920. The van der Waals surface area contributed by atoms with E-state index in [1.165, 1.54) is 0 Å². The molecule has 50 valence electrons. The molecule has 2 heteroatoms. The average molecular weight is 126 g/mol. The molecular weight excluding hydrogens is 116 g/mol. The largest absolute Gasteiger partial charge is 0.303 e. The zero-order valence-electron chi connectivity index (χ0n) is 5.30. The van der Waals surface area contributed by atoms with Gasteiger partial charge in [0.1, 0.15) is 12.1 Å². The molecule has 0 aromatic rings. The van der Waals surface area contributed by atoms with Gasteiger partial charge in [0.05, 0.1) is 0 Å². The number of carbonyl (C=O) groups excluding carboxylic acids is 2. The maximum atomic E-state index is 10.6. The predicted octanol–water partition coefficient (Wildman–Crippen LogP) is 1.11. The summed E-state index contributed by atoms with van der Waals surface area (Å²) in [5.41, 5.74) is 0. The lowest BCUT2D eigenvalue weighted by atomic mass is 10.2. The van der Waals surface area contributed by atoms with Gasteiger partial charge in [0.15, 0.2) is 0 Å². The van der Waals surface area contributed by atoms with E-state index in [-0.39, 0.29) is 5.78 Å². The van der Waals surface area contributed by atoms with Gasteiger partial charge in [-0.05, 0) is 0 Å². The van der Waals surface area contributed by atoms with Crippen molar-refractivity contribution in [2.24, 2.45) is 0 Å². The maximum Gasteiger partial charge on any atom is 0.137 e. The Morgan fingerprint density at radius 3 is 2.67 bits per heavy atom. The van der Waals surface area contributed by atoms with Gasteiger partial charge in [-0.3, -0.25) is 4.79 Å². The first-order chi connectivity index (χ1) is 4.31. The van der Waals surface area contributed by atoms with Crippen molar-refractivity contribution in [2.75, 3.05) is 0 Å². The first-order valence-electron chi connectivity index (χ1n) is 2.87. The summed E-state index contributed by atoms with van der Waals surface area (Å²) >= 11 is 0. The Bertz CT molecular complexity index is 116. The second-order valence-electron chi connectivity index (χ2n) is 1.74. The van der Waals surface area contributed by atoms with Crippen LogP contribution in [0.4, 0.5) is 0 Å². The van der Waals surface area contributed by atoms with Crippen LogP contribution >= 0.6 is 0 Å².